The van der Waals surface area contributed by atoms with Gasteiger partial charge >= 0.3 is 5.97 Å². The van der Waals surface area contributed by atoms with Gasteiger partial charge in [0.1, 0.15) is 5.60 Å². The van der Waals surface area contributed by atoms with Crippen molar-refractivity contribution in [1.29, 1.82) is 0 Å². The fraction of sp³-hybridized carbons (Fsp3) is 0.444. The fourth-order valence-electron chi connectivity index (χ4n) is 4.50. The first kappa shape index (κ1) is 23.0. The zero-order valence-electron chi connectivity index (χ0n) is 19.6. The highest BCUT2D eigenvalue weighted by Gasteiger charge is 2.35. The molecule has 33 heavy (non-hydrogen) atoms. The molecule has 6 nitrogen and oxygen atoms in total. The topological polar surface area (TPSA) is 68.2 Å². The van der Waals surface area contributed by atoms with Crippen molar-refractivity contribution in [1.82, 2.24) is 5.01 Å². The van der Waals surface area contributed by atoms with Crippen LogP contribution in [0.15, 0.2) is 59.7 Å². The summed E-state index contributed by atoms with van der Waals surface area (Å²) in [5, 5.41) is 5.87. The molecule has 1 aliphatic heterocycles. The number of benzene rings is 2. The average Bonchev–Trinajstić information content (AvgIpc) is 3.30. The molecule has 6 heteroatoms. The molecule has 4 rings (SSSR count). The Morgan fingerprint density at radius 1 is 1.09 bits per heavy atom. The summed E-state index contributed by atoms with van der Waals surface area (Å²) >= 11 is 0. The minimum atomic E-state index is -0.515. The summed E-state index contributed by atoms with van der Waals surface area (Å²) in [5.41, 5.74) is 2.24. The number of carbonyl (C=O) groups is 2. The van der Waals surface area contributed by atoms with E-state index in [0.29, 0.717) is 18.4 Å². The van der Waals surface area contributed by atoms with E-state index in [-0.39, 0.29) is 24.4 Å². The molecule has 1 atom stereocenters. The minimum Gasteiger partial charge on any atom is -0.466 e. The maximum atomic E-state index is 13.1. The number of amides is 1. The van der Waals surface area contributed by atoms with Crippen molar-refractivity contribution in [3.8, 4) is 0 Å². The number of hydrogen-bond acceptors (Lipinski definition) is 5. The van der Waals surface area contributed by atoms with Crippen LogP contribution in [-0.2, 0) is 25.6 Å². The molecule has 1 fully saturated rings. The van der Waals surface area contributed by atoms with Gasteiger partial charge in [0.05, 0.1) is 12.5 Å². The average molecular weight is 449 g/mol. The van der Waals surface area contributed by atoms with Crippen molar-refractivity contribution in [2.24, 2.45) is 11.0 Å². The number of ether oxygens (including phenoxy) is 2. The lowest BCUT2D eigenvalue weighted by Gasteiger charge is -2.28. The summed E-state index contributed by atoms with van der Waals surface area (Å²) in [4.78, 5) is 25.4. The summed E-state index contributed by atoms with van der Waals surface area (Å²) in [6.45, 7) is 6.03. The van der Waals surface area contributed by atoms with Crippen LogP contribution in [-0.4, -0.2) is 35.0 Å². The Kier molecular flexibility index (Phi) is 6.82. The third-order valence-electron chi connectivity index (χ3n) is 6.06. The number of hydrazone groups is 1. The van der Waals surface area contributed by atoms with Gasteiger partial charge in [0.2, 0.25) is 5.90 Å². The van der Waals surface area contributed by atoms with Gasteiger partial charge in [-0.05, 0) is 62.8 Å². The van der Waals surface area contributed by atoms with Gasteiger partial charge in [-0.15, -0.1) is 5.10 Å². The van der Waals surface area contributed by atoms with Crippen molar-refractivity contribution in [3.05, 3.63) is 71.3 Å². The van der Waals surface area contributed by atoms with Crippen molar-refractivity contribution in [2.45, 2.75) is 64.5 Å². The van der Waals surface area contributed by atoms with Crippen molar-refractivity contribution < 1.29 is 19.1 Å². The first-order valence-corrected chi connectivity index (χ1v) is 11.7. The molecule has 174 valence electrons. The second-order valence-corrected chi connectivity index (χ2v) is 9.81. The van der Waals surface area contributed by atoms with Gasteiger partial charge in [0.25, 0.3) is 5.91 Å². The lowest BCUT2D eigenvalue weighted by molar-refractivity contribution is -0.158. The predicted molar refractivity (Wildman–Crippen MR) is 126 cm³/mol. The van der Waals surface area contributed by atoms with Crippen LogP contribution < -0.4 is 0 Å². The Morgan fingerprint density at radius 2 is 1.76 bits per heavy atom. The smallest absolute Gasteiger partial charge is 0.314 e. The van der Waals surface area contributed by atoms with E-state index in [2.05, 4.69) is 5.10 Å². The standard InChI is InChI=1S/C27H32N2O4/c1-27(2,3)33-26(31)24(20-9-7-8-10-20)21-15-13-19(14-16-21)17-29-23(30)18-32-25(28-29)22-11-5-4-6-12-22/h4-6,11-16,20,24H,7-10,17-18H2,1-3H3. The first-order chi connectivity index (χ1) is 15.8. The number of hydrogen-bond donors (Lipinski definition) is 0. The first-order valence-electron chi connectivity index (χ1n) is 11.7. The van der Waals surface area contributed by atoms with Gasteiger partial charge in [0, 0.05) is 5.56 Å². The number of nitrogens with zero attached hydrogens (tertiary/aromatic N) is 2. The van der Waals surface area contributed by atoms with Crippen LogP contribution in [0.25, 0.3) is 0 Å². The lowest BCUT2D eigenvalue weighted by Crippen LogP contribution is -2.36. The van der Waals surface area contributed by atoms with E-state index in [9.17, 15) is 9.59 Å². The van der Waals surface area contributed by atoms with Crippen LogP contribution in [0.1, 0.15) is 69.1 Å². The molecule has 2 aromatic carbocycles. The van der Waals surface area contributed by atoms with Crippen LogP contribution >= 0.6 is 0 Å². The minimum absolute atomic E-state index is 0.0335. The molecule has 1 heterocycles. The Labute approximate surface area is 195 Å². The molecular weight excluding hydrogens is 416 g/mol. The zero-order chi connectivity index (χ0) is 23.4. The van der Waals surface area contributed by atoms with E-state index in [1.807, 2.05) is 75.4 Å². The Hall–Kier alpha value is -3.15. The molecule has 1 amide bonds. The molecule has 1 saturated carbocycles. The Bertz CT molecular complexity index is 1000. The molecule has 0 aromatic heterocycles. The van der Waals surface area contributed by atoms with Gasteiger partial charge in [0.15, 0.2) is 6.61 Å². The van der Waals surface area contributed by atoms with Gasteiger partial charge in [-0.2, -0.15) is 0 Å². The number of esters is 1. The predicted octanol–water partition coefficient (Wildman–Crippen LogP) is 5.02. The number of rotatable bonds is 6. The third-order valence-corrected chi connectivity index (χ3v) is 6.06. The van der Waals surface area contributed by atoms with Crippen LogP contribution in [0.2, 0.25) is 0 Å². The second kappa shape index (κ2) is 9.77. The molecule has 0 radical (unpaired) electrons. The highest BCUT2D eigenvalue weighted by Crippen LogP contribution is 2.39. The van der Waals surface area contributed by atoms with Gasteiger partial charge in [-0.25, -0.2) is 5.01 Å². The van der Waals surface area contributed by atoms with Crippen molar-refractivity contribution in [2.75, 3.05) is 6.61 Å². The molecule has 0 bridgehead atoms. The van der Waals surface area contributed by atoms with E-state index in [1.165, 1.54) is 5.01 Å². The SMILES string of the molecule is CC(C)(C)OC(=O)C(c1ccc(CN2N=C(c3ccccc3)OCC2=O)cc1)C1CCCC1. The van der Waals surface area contributed by atoms with Crippen molar-refractivity contribution >= 4 is 17.8 Å². The molecule has 2 aromatic rings. The molecule has 0 saturated heterocycles. The van der Waals surface area contributed by atoms with Crippen LogP contribution in [0, 0.1) is 5.92 Å². The molecule has 0 N–H and O–H groups in total. The maximum Gasteiger partial charge on any atom is 0.314 e. The van der Waals surface area contributed by atoms with Gasteiger partial charge in [-0.1, -0.05) is 55.3 Å². The highest BCUT2D eigenvalue weighted by molar-refractivity contribution is 5.97. The normalized spacial score (nSPS) is 18.0. The van der Waals surface area contributed by atoms with E-state index < -0.39 is 5.60 Å². The summed E-state index contributed by atoms with van der Waals surface area (Å²) in [6, 6.07) is 17.5. The Balaban J connectivity index is 1.51. The summed E-state index contributed by atoms with van der Waals surface area (Å²) in [5.74, 6) is 0.162. The monoisotopic (exact) mass is 448 g/mol. The second-order valence-electron chi connectivity index (χ2n) is 9.81. The van der Waals surface area contributed by atoms with Crippen molar-refractivity contribution in [3.63, 3.8) is 0 Å². The van der Waals surface area contributed by atoms with E-state index in [4.69, 9.17) is 9.47 Å². The van der Waals surface area contributed by atoms with Gasteiger partial charge < -0.3 is 9.47 Å². The fourth-order valence-corrected chi connectivity index (χ4v) is 4.50. The molecule has 2 aliphatic rings. The molecular formula is C27H32N2O4. The maximum absolute atomic E-state index is 13.1. The van der Waals surface area contributed by atoms with E-state index >= 15 is 0 Å². The highest BCUT2D eigenvalue weighted by atomic mass is 16.6. The number of carbonyl (C=O) groups excluding carboxylic acids is 2. The quantitative estimate of drug-likeness (QED) is 0.582. The Morgan fingerprint density at radius 3 is 2.39 bits per heavy atom. The molecule has 1 unspecified atom stereocenters. The summed E-state index contributed by atoms with van der Waals surface area (Å²) in [7, 11) is 0. The zero-order valence-corrected chi connectivity index (χ0v) is 19.6. The summed E-state index contributed by atoms with van der Waals surface area (Å²) in [6.07, 6.45) is 4.40. The van der Waals surface area contributed by atoms with Crippen LogP contribution in [0.5, 0.6) is 0 Å². The largest absolute Gasteiger partial charge is 0.466 e. The molecule has 0 spiro atoms. The third kappa shape index (κ3) is 5.81. The summed E-state index contributed by atoms with van der Waals surface area (Å²) < 4.78 is 11.3. The van der Waals surface area contributed by atoms with Gasteiger partial charge in [-0.3, -0.25) is 9.59 Å². The molecule has 1 aliphatic carbocycles. The van der Waals surface area contributed by atoms with E-state index in [0.717, 1.165) is 42.4 Å². The van der Waals surface area contributed by atoms with E-state index in [1.54, 1.807) is 0 Å². The van der Waals surface area contributed by atoms with Crippen LogP contribution in [0.3, 0.4) is 0 Å². The lowest BCUT2D eigenvalue weighted by atomic mass is 9.84. The van der Waals surface area contributed by atoms with Crippen LogP contribution in [0.4, 0.5) is 0 Å².